The van der Waals surface area contributed by atoms with Gasteiger partial charge in [-0.2, -0.15) is 5.10 Å². The van der Waals surface area contributed by atoms with Gasteiger partial charge in [-0.1, -0.05) is 11.6 Å². The van der Waals surface area contributed by atoms with Crippen LogP contribution in [0.4, 0.5) is 0 Å². The van der Waals surface area contributed by atoms with Crippen LogP contribution in [0.15, 0.2) is 18.5 Å². The summed E-state index contributed by atoms with van der Waals surface area (Å²) < 4.78 is 1.57. The Bertz CT molecular complexity index is 412. The molecule has 0 saturated carbocycles. The zero-order valence-corrected chi connectivity index (χ0v) is 6.86. The number of aliphatic hydroxyl groups is 1. The molecule has 0 aliphatic carbocycles. The largest absolute Gasteiger partial charge is 0.391 e. The number of aliphatic hydroxyl groups excluding tert-OH is 1. The van der Waals surface area contributed by atoms with Crippen LogP contribution in [0.1, 0.15) is 5.56 Å². The molecule has 2 heterocycles. The van der Waals surface area contributed by atoms with E-state index in [1.54, 1.807) is 23.0 Å². The molecule has 0 aliphatic heterocycles. The minimum atomic E-state index is -0.0726. The Kier molecular flexibility index (Phi) is 1.71. The molecule has 0 saturated heterocycles. The summed E-state index contributed by atoms with van der Waals surface area (Å²) in [6.45, 7) is -0.0726. The molecule has 0 unspecified atom stereocenters. The molecular weight excluding hydrogens is 178 g/mol. The fourth-order valence-corrected chi connectivity index (χ4v) is 1.14. The van der Waals surface area contributed by atoms with Gasteiger partial charge in [0, 0.05) is 11.8 Å². The summed E-state index contributed by atoms with van der Waals surface area (Å²) in [7, 11) is 0. The number of rotatable bonds is 1. The highest BCUT2D eigenvalue weighted by molar-refractivity contribution is 6.29. The Labute approximate surface area is 73.4 Å². The topological polar surface area (TPSA) is 50.4 Å². The molecule has 0 aliphatic rings. The summed E-state index contributed by atoms with van der Waals surface area (Å²) in [5.41, 5.74) is 1.28. The molecule has 5 heteroatoms. The number of hydrogen-bond donors (Lipinski definition) is 1. The van der Waals surface area contributed by atoms with Gasteiger partial charge in [-0.15, -0.1) is 0 Å². The first-order valence-electron chi connectivity index (χ1n) is 3.41. The fourth-order valence-electron chi connectivity index (χ4n) is 1.01. The lowest BCUT2D eigenvalue weighted by Gasteiger charge is -1.93. The lowest BCUT2D eigenvalue weighted by molar-refractivity contribution is 0.283. The second-order valence-electron chi connectivity index (χ2n) is 2.35. The van der Waals surface area contributed by atoms with E-state index in [4.69, 9.17) is 16.7 Å². The second kappa shape index (κ2) is 2.73. The summed E-state index contributed by atoms with van der Waals surface area (Å²) in [6, 6.07) is 1.64. The molecule has 0 bridgehead atoms. The van der Waals surface area contributed by atoms with Crippen molar-refractivity contribution in [3.05, 3.63) is 29.2 Å². The monoisotopic (exact) mass is 183 g/mol. The molecule has 4 nitrogen and oxygen atoms in total. The van der Waals surface area contributed by atoms with Crippen LogP contribution < -0.4 is 0 Å². The molecule has 2 rings (SSSR count). The van der Waals surface area contributed by atoms with E-state index in [1.807, 2.05) is 0 Å². The highest BCUT2D eigenvalue weighted by Crippen LogP contribution is 2.10. The Morgan fingerprint density at radius 1 is 1.58 bits per heavy atom. The number of aromatic nitrogens is 3. The maximum atomic E-state index is 8.88. The molecule has 0 fully saturated rings. The number of halogens is 1. The average molecular weight is 184 g/mol. The fraction of sp³-hybridized carbons (Fsp3) is 0.143. The van der Waals surface area contributed by atoms with Crippen LogP contribution in [0.5, 0.6) is 0 Å². The van der Waals surface area contributed by atoms with Crippen LogP contribution in [0.25, 0.3) is 5.65 Å². The van der Waals surface area contributed by atoms with Crippen LogP contribution in [0.2, 0.25) is 5.15 Å². The Balaban J connectivity index is 2.75. The Hall–Kier alpha value is -1.13. The van der Waals surface area contributed by atoms with E-state index in [-0.39, 0.29) is 6.61 Å². The van der Waals surface area contributed by atoms with Gasteiger partial charge in [0.2, 0.25) is 0 Å². The zero-order chi connectivity index (χ0) is 8.55. The average Bonchev–Trinajstić information content (AvgIpc) is 2.46. The van der Waals surface area contributed by atoms with Crippen molar-refractivity contribution >= 4 is 17.2 Å². The molecule has 0 atom stereocenters. The summed E-state index contributed by atoms with van der Waals surface area (Å²) in [5.74, 6) is 0. The first kappa shape index (κ1) is 7.52. The van der Waals surface area contributed by atoms with E-state index < -0.39 is 0 Å². The summed E-state index contributed by atoms with van der Waals surface area (Å²) in [5, 5.41) is 13.2. The molecule has 2 aromatic heterocycles. The molecule has 0 amide bonds. The van der Waals surface area contributed by atoms with E-state index in [9.17, 15) is 0 Å². The molecular formula is C7H6ClN3O. The third kappa shape index (κ3) is 1.05. The SMILES string of the molecule is OCc1cnn2ccc(Cl)nc12. The van der Waals surface area contributed by atoms with Crippen molar-refractivity contribution in [2.75, 3.05) is 0 Å². The summed E-state index contributed by atoms with van der Waals surface area (Å²) >= 11 is 5.67. The number of nitrogens with zero attached hydrogens (tertiary/aromatic N) is 3. The second-order valence-corrected chi connectivity index (χ2v) is 2.73. The number of hydrogen-bond acceptors (Lipinski definition) is 3. The molecule has 0 radical (unpaired) electrons. The molecule has 2 aromatic rings. The van der Waals surface area contributed by atoms with Gasteiger partial charge in [-0.05, 0) is 6.07 Å². The Morgan fingerprint density at radius 3 is 3.17 bits per heavy atom. The van der Waals surface area contributed by atoms with Gasteiger partial charge in [0.25, 0.3) is 0 Å². The molecule has 0 aromatic carbocycles. The standard InChI is InChI=1S/C7H6ClN3O/c8-6-1-2-11-7(10-6)5(4-12)3-9-11/h1-3,12H,4H2. The van der Waals surface area contributed by atoms with Gasteiger partial charge < -0.3 is 5.11 Å². The van der Waals surface area contributed by atoms with Crippen molar-refractivity contribution < 1.29 is 5.11 Å². The van der Waals surface area contributed by atoms with Crippen LogP contribution >= 0.6 is 11.6 Å². The van der Waals surface area contributed by atoms with Crippen molar-refractivity contribution in [2.45, 2.75) is 6.61 Å². The van der Waals surface area contributed by atoms with Crippen molar-refractivity contribution in [1.29, 1.82) is 0 Å². The first-order valence-corrected chi connectivity index (χ1v) is 3.78. The van der Waals surface area contributed by atoms with Gasteiger partial charge >= 0.3 is 0 Å². The lowest BCUT2D eigenvalue weighted by atomic mass is 10.4. The predicted molar refractivity (Wildman–Crippen MR) is 43.9 cm³/mol. The van der Waals surface area contributed by atoms with Crippen molar-refractivity contribution in [2.24, 2.45) is 0 Å². The zero-order valence-electron chi connectivity index (χ0n) is 6.11. The predicted octanol–water partition coefficient (Wildman–Crippen LogP) is 0.875. The van der Waals surface area contributed by atoms with Crippen LogP contribution in [-0.4, -0.2) is 19.7 Å². The minimum absolute atomic E-state index is 0.0726. The molecule has 1 N–H and O–H groups in total. The van der Waals surface area contributed by atoms with Gasteiger partial charge in [0.15, 0.2) is 5.65 Å². The van der Waals surface area contributed by atoms with Gasteiger partial charge in [-0.3, -0.25) is 0 Å². The molecule has 0 spiro atoms. The van der Waals surface area contributed by atoms with E-state index in [0.29, 0.717) is 16.4 Å². The van der Waals surface area contributed by atoms with Gasteiger partial charge in [-0.25, -0.2) is 9.50 Å². The third-order valence-corrected chi connectivity index (χ3v) is 1.79. The van der Waals surface area contributed by atoms with Crippen molar-refractivity contribution in [3.63, 3.8) is 0 Å². The molecule has 12 heavy (non-hydrogen) atoms. The highest BCUT2D eigenvalue weighted by Gasteiger charge is 2.03. The quantitative estimate of drug-likeness (QED) is 0.668. The maximum absolute atomic E-state index is 8.88. The molecule has 62 valence electrons. The Morgan fingerprint density at radius 2 is 2.42 bits per heavy atom. The van der Waals surface area contributed by atoms with Crippen LogP contribution in [0, 0.1) is 0 Å². The normalized spacial score (nSPS) is 10.8. The van der Waals surface area contributed by atoms with Gasteiger partial charge in [0.05, 0.1) is 12.8 Å². The van der Waals surface area contributed by atoms with E-state index >= 15 is 0 Å². The van der Waals surface area contributed by atoms with Crippen molar-refractivity contribution in [3.8, 4) is 0 Å². The first-order chi connectivity index (χ1) is 5.81. The third-order valence-electron chi connectivity index (χ3n) is 1.58. The highest BCUT2D eigenvalue weighted by atomic mass is 35.5. The van der Waals surface area contributed by atoms with Crippen LogP contribution in [0.3, 0.4) is 0 Å². The minimum Gasteiger partial charge on any atom is -0.391 e. The summed E-state index contributed by atoms with van der Waals surface area (Å²) in [4.78, 5) is 4.01. The van der Waals surface area contributed by atoms with E-state index in [0.717, 1.165) is 0 Å². The van der Waals surface area contributed by atoms with E-state index in [2.05, 4.69) is 10.1 Å². The van der Waals surface area contributed by atoms with Crippen LogP contribution in [-0.2, 0) is 6.61 Å². The van der Waals surface area contributed by atoms with Crippen molar-refractivity contribution in [1.82, 2.24) is 14.6 Å². The van der Waals surface area contributed by atoms with Gasteiger partial charge in [0.1, 0.15) is 5.15 Å². The smallest absolute Gasteiger partial charge is 0.162 e. The number of fused-ring (bicyclic) bond motifs is 1. The maximum Gasteiger partial charge on any atom is 0.162 e. The summed E-state index contributed by atoms with van der Waals surface area (Å²) in [6.07, 6.45) is 3.27. The lowest BCUT2D eigenvalue weighted by Crippen LogP contribution is -1.90. The van der Waals surface area contributed by atoms with E-state index in [1.165, 1.54) is 0 Å².